The zero-order valence-electron chi connectivity index (χ0n) is 13.4. The number of hydrogen-bond donors (Lipinski definition) is 0. The van der Waals surface area contributed by atoms with Crippen molar-refractivity contribution in [2.45, 2.75) is 60.4 Å². The average Bonchev–Trinajstić information content (AvgIpc) is 2.68. The van der Waals surface area contributed by atoms with Gasteiger partial charge in [0.2, 0.25) is 0 Å². The standard InChI is InChI=1S/C17H29NS/c1-11(2)15-8-7-9-16(12(3)4)17(15)18-10-19-14(6)13(18)5/h8,11-12,16-17H,7,9-10H2,1-6H3/t16-,17-/m0/s1. The number of hydrogen-bond acceptors (Lipinski definition) is 2. The lowest BCUT2D eigenvalue weighted by atomic mass is 9.73. The maximum absolute atomic E-state index is 2.68. The van der Waals surface area contributed by atoms with E-state index >= 15 is 0 Å². The van der Waals surface area contributed by atoms with Crippen molar-refractivity contribution in [3.63, 3.8) is 0 Å². The predicted molar refractivity (Wildman–Crippen MR) is 86.9 cm³/mol. The minimum atomic E-state index is 0.638. The Hall–Kier alpha value is -0.370. The highest BCUT2D eigenvalue weighted by Gasteiger charge is 2.37. The lowest BCUT2D eigenvalue weighted by Crippen LogP contribution is -2.44. The van der Waals surface area contributed by atoms with Crippen LogP contribution in [0.2, 0.25) is 0 Å². The van der Waals surface area contributed by atoms with E-state index in [9.17, 15) is 0 Å². The molecule has 0 fully saturated rings. The van der Waals surface area contributed by atoms with Crippen molar-refractivity contribution >= 4 is 11.8 Å². The second-order valence-corrected chi connectivity index (χ2v) is 7.83. The normalized spacial score (nSPS) is 28.6. The van der Waals surface area contributed by atoms with Crippen molar-refractivity contribution in [3.8, 4) is 0 Å². The molecule has 2 rings (SSSR count). The summed E-state index contributed by atoms with van der Waals surface area (Å²) in [6.07, 6.45) is 5.15. The second kappa shape index (κ2) is 5.95. The Bertz CT molecular complexity index is 392. The van der Waals surface area contributed by atoms with Gasteiger partial charge < -0.3 is 4.90 Å². The zero-order valence-corrected chi connectivity index (χ0v) is 14.2. The van der Waals surface area contributed by atoms with Crippen molar-refractivity contribution in [2.75, 3.05) is 5.88 Å². The van der Waals surface area contributed by atoms with E-state index in [1.807, 2.05) is 11.8 Å². The number of rotatable bonds is 3. The number of allylic oxidation sites excluding steroid dienone is 3. The molecular weight excluding hydrogens is 250 g/mol. The summed E-state index contributed by atoms with van der Waals surface area (Å²) in [7, 11) is 0. The molecule has 0 saturated heterocycles. The van der Waals surface area contributed by atoms with E-state index in [2.05, 4.69) is 52.5 Å². The van der Waals surface area contributed by atoms with Crippen LogP contribution in [0.25, 0.3) is 0 Å². The summed E-state index contributed by atoms with van der Waals surface area (Å²) < 4.78 is 0. The SMILES string of the molecule is CC1=C(C)N([C@H]2C(C(C)C)=CCC[C@H]2C(C)C)CS1. The lowest BCUT2D eigenvalue weighted by molar-refractivity contribution is 0.173. The second-order valence-electron chi connectivity index (χ2n) is 6.67. The van der Waals surface area contributed by atoms with Gasteiger partial charge in [-0.15, -0.1) is 11.8 Å². The molecule has 1 heterocycles. The highest BCUT2D eigenvalue weighted by Crippen LogP contribution is 2.43. The average molecular weight is 279 g/mol. The molecular formula is C17H29NS. The molecule has 19 heavy (non-hydrogen) atoms. The largest absolute Gasteiger partial charge is 0.358 e. The first-order valence-corrected chi connectivity index (χ1v) is 8.69. The third-order valence-electron chi connectivity index (χ3n) is 4.85. The van der Waals surface area contributed by atoms with E-state index in [1.165, 1.54) is 23.4 Å². The van der Waals surface area contributed by atoms with Crippen molar-refractivity contribution in [1.82, 2.24) is 4.90 Å². The van der Waals surface area contributed by atoms with Gasteiger partial charge in [-0.25, -0.2) is 0 Å². The Kier molecular flexibility index (Phi) is 4.70. The van der Waals surface area contributed by atoms with E-state index < -0.39 is 0 Å². The van der Waals surface area contributed by atoms with Gasteiger partial charge in [0.15, 0.2) is 0 Å². The van der Waals surface area contributed by atoms with Crippen LogP contribution in [0.1, 0.15) is 54.4 Å². The molecule has 0 amide bonds. The molecule has 2 atom stereocenters. The van der Waals surface area contributed by atoms with E-state index in [1.54, 1.807) is 5.57 Å². The fourth-order valence-electron chi connectivity index (χ4n) is 3.51. The molecule has 0 spiro atoms. The van der Waals surface area contributed by atoms with Crippen LogP contribution in [0.15, 0.2) is 22.3 Å². The topological polar surface area (TPSA) is 3.24 Å². The van der Waals surface area contributed by atoms with Crippen molar-refractivity contribution in [2.24, 2.45) is 17.8 Å². The first kappa shape index (κ1) is 15.0. The van der Waals surface area contributed by atoms with Crippen LogP contribution < -0.4 is 0 Å². The van der Waals surface area contributed by atoms with Gasteiger partial charge >= 0.3 is 0 Å². The van der Waals surface area contributed by atoms with Gasteiger partial charge in [0.1, 0.15) is 0 Å². The monoisotopic (exact) mass is 279 g/mol. The van der Waals surface area contributed by atoms with Gasteiger partial charge in [-0.2, -0.15) is 0 Å². The van der Waals surface area contributed by atoms with Crippen molar-refractivity contribution < 1.29 is 0 Å². The molecule has 2 aliphatic rings. The van der Waals surface area contributed by atoms with Crippen LogP contribution in [-0.4, -0.2) is 16.8 Å². The highest BCUT2D eigenvalue weighted by molar-refractivity contribution is 8.03. The van der Waals surface area contributed by atoms with Gasteiger partial charge in [0, 0.05) is 10.6 Å². The molecule has 0 N–H and O–H groups in total. The molecule has 0 unspecified atom stereocenters. The van der Waals surface area contributed by atoms with Crippen LogP contribution in [0, 0.1) is 17.8 Å². The van der Waals surface area contributed by atoms with Crippen LogP contribution >= 0.6 is 11.8 Å². The Morgan fingerprint density at radius 1 is 1.21 bits per heavy atom. The molecule has 1 nitrogen and oxygen atoms in total. The molecule has 2 heteroatoms. The molecule has 1 aliphatic carbocycles. The summed E-state index contributed by atoms with van der Waals surface area (Å²) in [6, 6.07) is 0.638. The fraction of sp³-hybridized carbons (Fsp3) is 0.765. The van der Waals surface area contributed by atoms with Gasteiger partial charge in [0.05, 0.1) is 11.9 Å². The van der Waals surface area contributed by atoms with Gasteiger partial charge in [-0.3, -0.25) is 0 Å². The first-order valence-electron chi connectivity index (χ1n) is 7.70. The molecule has 0 aromatic carbocycles. The Labute approximate surface area is 123 Å². The third-order valence-corrected chi connectivity index (χ3v) is 5.98. The summed E-state index contributed by atoms with van der Waals surface area (Å²) in [4.78, 5) is 4.19. The molecule has 0 aromatic heterocycles. The molecule has 0 saturated carbocycles. The summed E-state index contributed by atoms with van der Waals surface area (Å²) in [5.74, 6) is 3.40. The first-order chi connectivity index (χ1) is 8.93. The number of nitrogens with zero attached hydrogens (tertiary/aromatic N) is 1. The van der Waals surface area contributed by atoms with Gasteiger partial charge in [0.25, 0.3) is 0 Å². The van der Waals surface area contributed by atoms with E-state index in [0.29, 0.717) is 12.0 Å². The van der Waals surface area contributed by atoms with Crippen LogP contribution in [-0.2, 0) is 0 Å². The van der Waals surface area contributed by atoms with Crippen LogP contribution in [0.4, 0.5) is 0 Å². The van der Waals surface area contributed by atoms with E-state index in [-0.39, 0.29) is 0 Å². The number of thioether (sulfide) groups is 1. The summed E-state index contributed by atoms with van der Waals surface area (Å²) in [5, 5.41) is 0. The highest BCUT2D eigenvalue weighted by atomic mass is 32.2. The molecule has 108 valence electrons. The lowest BCUT2D eigenvalue weighted by Gasteiger charge is -2.43. The minimum absolute atomic E-state index is 0.638. The summed E-state index contributed by atoms with van der Waals surface area (Å²) in [5.41, 5.74) is 3.19. The third kappa shape index (κ3) is 2.89. The quantitative estimate of drug-likeness (QED) is 0.648. The Balaban J connectivity index is 2.34. The van der Waals surface area contributed by atoms with Crippen molar-refractivity contribution in [1.29, 1.82) is 0 Å². The maximum atomic E-state index is 2.68. The van der Waals surface area contributed by atoms with Crippen LogP contribution in [0.5, 0.6) is 0 Å². The van der Waals surface area contributed by atoms with Gasteiger partial charge in [-0.05, 0) is 50.0 Å². The molecule has 0 aromatic rings. The summed E-state index contributed by atoms with van der Waals surface area (Å²) >= 11 is 2.01. The minimum Gasteiger partial charge on any atom is -0.358 e. The Morgan fingerprint density at radius 3 is 2.37 bits per heavy atom. The molecule has 0 radical (unpaired) electrons. The smallest absolute Gasteiger partial charge is 0.0686 e. The zero-order chi connectivity index (χ0) is 14.2. The maximum Gasteiger partial charge on any atom is 0.0686 e. The van der Waals surface area contributed by atoms with E-state index in [4.69, 9.17) is 0 Å². The van der Waals surface area contributed by atoms with Crippen LogP contribution in [0.3, 0.4) is 0 Å². The molecule has 0 bridgehead atoms. The predicted octanol–water partition coefficient (Wildman–Crippen LogP) is 5.26. The van der Waals surface area contributed by atoms with Gasteiger partial charge in [-0.1, -0.05) is 33.8 Å². The molecule has 1 aliphatic heterocycles. The van der Waals surface area contributed by atoms with E-state index in [0.717, 1.165) is 17.7 Å². The fourth-order valence-corrected chi connectivity index (χ4v) is 4.53. The van der Waals surface area contributed by atoms with Crippen molar-refractivity contribution in [3.05, 3.63) is 22.3 Å². The summed E-state index contributed by atoms with van der Waals surface area (Å²) in [6.45, 7) is 14.1. The Morgan fingerprint density at radius 2 is 1.89 bits per heavy atom.